The fourth-order valence-electron chi connectivity index (χ4n) is 1.76. The molecule has 0 fully saturated rings. The third kappa shape index (κ3) is 3.81. The van der Waals surface area contributed by atoms with Gasteiger partial charge in [0.25, 0.3) is 0 Å². The molecule has 1 aromatic carbocycles. The van der Waals surface area contributed by atoms with E-state index in [0.717, 1.165) is 11.1 Å². The molecule has 19 heavy (non-hydrogen) atoms. The third-order valence-corrected chi connectivity index (χ3v) is 2.80. The molecule has 0 radical (unpaired) electrons. The van der Waals surface area contributed by atoms with Gasteiger partial charge in [0, 0.05) is 17.7 Å². The molecule has 0 saturated carbocycles. The number of hydrogen-bond acceptors (Lipinski definition) is 3. The van der Waals surface area contributed by atoms with Gasteiger partial charge in [-0.15, -0.1) is 0 Å². The van der Waals surface area contributed by atoms with Gasteiger partial charge in [0.05, 0.1) is 6.42 Å². The van der Waals surface area contributed by atoms with Gasteiger partial charge < -0.3 is 9.94 Å². The van der Waals surface area contributed by atoms with E-state index in [2.05, 4.69) is 0 Å². The molecule has 2 rings (SSSR count). The van der Waals surface area contributed by atoms with Gasteiger partial charge in [0.1, 0.15) is 6.10 Å². The van der Waals surface area contributed by atoms with Crippen LogP contribution in [0.1, 0.15) is 24.2 Å². The highest BCUT2D eigenvalue weighted by molar-refractivity contribution is 5.72. The van der Waals surface area contributed by atoms with E-state index in [9.17, 15) is 10.0 Å². The fourth-order valence-corrected chi connectivity index (χ4v) is 1.76. The Kier molecular flexibility index (Phi) is 4.13. The number of esters is 1. The van der Waals surface area contributed by atoms with Crippen molar-refractivity contribution in [3.63, 3.8) is 0 Å². The van der Waals surface area contributed by atoms with Crippen LogP contribution in [0.25, 0.3) is 0 Å². The summed E-state index contributed by atoms with van der Waals surface area (Å²) in [5, 5.41) is 10.9. The highest BCUT2D eigenvalue weighted by atomic mass is 16.5. The molecule has 0 amide bonds. The van der Waals surface area contributed by atoms with Crippen molar-refractivity contribution in [3.05, 3.63) is 71.2 Å². The first-order valence-corrected chi connectivity index (χ1v) is 6.07. The number of carbonyl (C=O) groups excluding carboxylic acids is 1. The van der Waals surface area contributed by atoms with Crippen molar-refractivity contribution >= 4 is 5.97 Å². The third-order valence-electron chi connectivity index (χ3n) is 2.80. The largest absolute Gasteiger partial charge is 0.619 e. The van der Waals surface area contributed by atoms with Crippen LogP contribution < -0.4 is 4.73 Å². The van der Waals surface area contributed by atoms with E-state index in [0.29, 0.717) is 4.73 Å². The van der Waals surface area contributed by atoms with Gasteiger partial charge in [-0.2, -0.15) is 4.73 Å². The minimum Gasteiger partial charge on any atom is -0.619 e. The highest BCUT2D eigenvalue weighted by Crippen LogP contribution is 2.16. The van der Waals surface area contributed by atoms with E-state index >= 15 is 0 Å². The molecule has 4 heteroatoms. The lowest BCUT2D eigenvalue weighted by Gasteiger charge is -2.13. The summed E-state index contributed by atoms with van der Waals surface area (Å²) in [6, 6.07) is 12.7. The predicted molar refractivity (Wildman–Crippen MR) is 70.1 cm³/mol. The molecule has 2 aromatic rings. The molecule has 0 aliphatic heterocycles. The minimum absolute atomic E-state index is 0.250. The van der Waals surface area contributed by atoms with Gasteiger partial charge in [-0.05, 0) is 12.5 Å². The van der Waals surface area contributed by atoms with Crippen molar-refractivity contribution in [2.24, 2.45) is 0 Å². The van der Waals surface area contributed by atoms with Crippen molar-refractivity contribution in [2.45, 2.75) is 19.4 Å². The summed E-state index contributed by atoms with van der Waals surface area (Å²) in [5.74, 6) is -0.280. The van der Waals surface area contributed by atoms with Gasteiger partial charge in [-0.1, -0.05) is 30.3 Å². The molecule has 0 aliphatic carbocycles. The van der Waals surface area contributed by atoms with Crippen LogP contribution in [0.15, 0.2) is 54.9 Å². The lowest BCUT2D eigenvalue weighted by Crippen LogP contribution is -2.24. The zero-order chi connectivity index (χ0) is 13.7. The Morgan fingerprint density at radius 1 is 1.21 bits per heavy atom. The number of ether oxygens (including phenoxy) is 1. The second-order valence-electron chi connectivity index (χ2n) is 4.29. The smallest absolute Gasteiger partial charge is 0.310 e. The maximum Gasteiger partial charge on any atom is 0.310 e. The van der Waals surface area contributed by atoms with Crippen LogP contribution in [0.2, 0.25) is 0 Å². The van der Waals surface area contributed by atoms with E-state index in [1.165, 1.54) is 12.4 Å². The maximum absolute atomic E-state index is 11.8. The van der Waals surface area contributed by atoms with Crippen LogP contribution in [0.3, 0.4) is 0 Å². The van der Waals surface area contributed by atoms with Crippen molar-refractivity contribution < 1.29 is 14.3 Å². The van der Waals surface area contributed by atoms with Crippen molar-refractivity contribution in [1.29, 1.82) is 0 Å². The number of carbonyl (C=O) groups is 1. The van der Waals surface area contributed by atoms with Crippen LogP contribution in [0.5, 0.6) is 0 Å². The zero-order valence-electron chi connectivity index (χ0n) is 10.7. The predicted octanol–water partition coefficient (Wildman–Crippen LogP) is 2.17. The molecular formula is C15H15NO3. The molecule has 0 aliphatic rings. The Bertz CT molecular complexity index is 537. The van der Waals surface area contributed by atoms with Crippen LogP contribution in [-0.4, -0.2) is 5.97 Å². The number of nitrogens with zero attached hydrogens (tertiary/aromatic N) is 1. The molecule has 0 spiro atoms. The molecule has 1 heterocycles. The first-order chi connectivity index (χ1) is 9.15. The normalized spacial score (nSPS) is 11.8. The molecule has 0 unspecified atom stereocenters. The second-order valence-corrected chi connectivity index (χ2v) is 4.29. The summed E-state index contributed by atoms with van der Waals surface area (Å²) < 4.78 is 6.03. The van der Waals surface area contributed by atoms with E-state index in [1.807, 2.05) is 30.3 Å². The standard InChI is InChI=1S/C15H15NO3/c1-12(14-7-9-16(18)10-8-14)19-15(17)11-13-5-3-2-4-6-13/h2-10,12H,11H2,1H3/t12-/m0/s1. The number of benzene rings is 1. The summed E-state index contributed by atoms with van der Waals surface area (Å²) >= 11 is 0. The van der Waals surface area contributed by atoms with Crippen LogP contribution in [-0.2, 0) is 16.0 Å². The van der Waals surface area contributed by atoms with Crippen molar-refractivity contribution in [3.8, 4) is 0 Å². The average Bonchev–Trinajstić information content (AvgIpc) is 2.40. The quantitative estimate of drug-likeness (QED) is 0.479. The van der Waals surface area contributed by atoms with Crippen LogP contribution in [0, 0.1) is 5.21 Å². The molecule has 0 bridgehead atoms. The topological polar surface area (TPSA) is 53.2 Å². The zero-order valence-corrected chi connectivity index (χ0v) is 10.7. The Hall–Kier alpha value is -2.36. The van der Waals surface area contributed by atoms with E-state index in [1.54, 1.807) is 19.1 Å². The maximum atomic E-state index is 11.8. The first-order valence-electron chi connectivity index (χ1n) is 6.07. The van der Waals surface area contributed by atoms with E-state index in [4.69, 9.17) is 4.74 Å². The lowest BCUT2D eigenvalue weighted by molar-refractivity contribution is -0.605. The fraction of sp³-hybridized carbons (Fsp3) is 0.200. The van der Waals surface area contributed by atoms with Gasteiger partial charge in [-0.25, -0.2) is 0 Å². The Morgan fingerprint density at radius 3 is 2.47 bits per heavy atom. The number of aromatic nitrogens is 1. The van der Waals surface area contributed by atoms with Crippen molar-refractivity contribution in [2.75, 3.05) is 0 Å². The Morgan fingerprint density at radius 2 is 1.84 bits per heavy atom. The summed E-state index contributed by atoms with van der Waals surface area (Å²) in [5.41, 5.74) is 1.72. The lowest BCUT2D eigenvalue weighted by atomic mass is 10.1. The average molecular weight is 257 g/mol. The van der Waals surface area contributed by atoms with Gasteiger partial charge >= 0.3 is 5.97 Å². The number of rotatable bonds is 4. The summed E-state index contributed by atoms with van der Waals surface area (Å²) in [6.07, 6.45) is 2.66. The Labute approximate surface area is 111 Å². The highest BCUT2D eigenvalue weighted by Gasteiger charge is 2.12. The molecule has 0 N–H and O–H groups in total. The van der Waals surface area contributed by atoms with Gasteiger partial charge in [0.2, 0.25) is 0 Å². The molecule has 1 aromatic heterocycles. The van der Waals surface area contributed by atoms with Gasteiger partial charge in [0.15, 0.2) is 12.4 Å². The Balaban J connectivity index is 1.93. The molecule has 4 nitrogen and oxygen atoms in total. The minimum atomic E-state index is -0.364. The summed E-state index contributed by atoms with van der Waals surface area (Å²) in [7, 11) is 0. The van der Waals surface area contributed by atoms with Gasteiger partial charge in [-0.3, -0.25) is 4.79 Å². The van der Waals surface area contributed by atoms with E-state index < -0.39 is 0 Å². The van der Waals surface area contributed by atoms with Crippen molar-refractivity contribution in [1.82, 2.24) is 0 Å². The molecule has 98 valence electrons. The summed E-state index contributed by atoms with van der Waals surface area (Å²) in [6.45, 7) is 1.79. The number of pyridine rings is 1. The number of hydrogen-bond donors (Lipinski definition) is 0. The summed E-state index contributed by atoms with van der Waals surface area (Å²) in [4.78, 5) is 11.8. The first kappa shape index (κ1) is 13.1. The molecule has 1 atom stereocenters. The van der Waals surface area contributed by atoms with Crippen LogP contribution >= 0.6 is 0 Å². The van der Waals surface area contributed by atoms with E-state index in [-0.39, 0.29) is 18.5 Å². The molecule has 0 saturated heterocycles. The SMILES string of the molecule is C[C@H](OC(=O)Cc1ccccc1)c1cc[n+]([O-])cc1. The second kappa shape index (κ2) is 6.00. The monoisotopic (exact) mass is 257 g/mol. The van der Waals surface area contributed by atoms with Crippen LogP contribution in [0.4, 0.5) is 0 Å². The molecular weight excluding hydrogens is 242 g/mol.